The standard InChI is InChI=1S/C12H18N4O2/c1-2-14-3-5-15(6-4-14)12(17)10-9-11-16(13-10)7-8-18-11/h9H,2-8H2,1H3. The minimum Gasteiger partial charge on any atom is -0.476 e. The van der Waals surface area contributed by atoms with E-state index in [9.17, 15) is 4.79 Å². The Balaban J connectivity index is 1.67. The van der Waals surface area contributed by atoms with Crippen molar-refractivity contribution < 1.29 is 9.53 Å². The second-order valence-electron chi connectivity index (χ2n) is 4.67. The highest BCUT2D eigenvalue weighted by molar-refractivity contribution is 5.92. The Morgan fingerprint density at radius 1 is 1.33 bits per heavy atom. The van der Waals surface area contributed by atoms with Gasteiger partial charge in [0.2, 0.25) is 5.88 Å². The van der Waals surface area contributed by atoms with Crippen molar-refractivity contribution in [2.75, 3.05) is 39.3 Å². The molecule has 3 heterocycles. The summed E-state index contributed by atoms with van der Waals surface area (Å²) in [4.78, 5) is 16.5. The molecular formula is C12H18N4O2. The SMILES string of the molecule is CCN1CCN(C(=O)c2cc3n(n2)CCO3)CC1. The Labute approximate surface area is 106 Å². The van der Waals surface area contributed by atoms with Gasteiger partial charge in [-0.05, 0) is 6.54 Å². The molecule has 2 aliphatic rings. The summed E-state index contributed by atoms with van der Waals surface area (Å²) < 4.78 is 7.13. The van der Waals surface area contributed by atoms with Crippen molar-refractivity contribution in [1.82, 2.24) is 19.6 Å². The minimum atomic E-state index is 0.0243. The van der Waals surface area contributed by atoms with E-state index in [2.05, 4.69) is 16.9 Å². The van der Waals surface area contributed by atoms with Gasteiger partial charge in [0, 0.05) is 32.2 Å². The van der Waals surface area contributed by atoms with Crippen LogP contribution >= 0.6 is 0 Å². The van der Waals surface area contributed by atoms with Gasteiger partial charge in [-0.25, -0.2) is 4.68 Å². The van der Waals surface area contributed by atoms with E-state index in [0.29, 0.717) is 18.2 Å². The number of nitrogens with zero attached hydrogens (tertiary/aromatic N) is 4. The molecule has 2 aliphatic heterocycles. The number of piperazine rings is 1. The first-order chi connectivity index (χ1) is 8.78. The second-order valence-corrected chi connectivity index (χ2v) is 4.67. The zero-order valence-corrected chi connectivity index (χ0v) is 10.6. The highest BCUT2D eigenvalue weighted by Crippen LogP contribution is 2.19. The van der Waals surface area contributed by atoms with Gasteiger partial charge in [0.1, 0.15) is 6.61 Å². The van der Waals surface area contributed by atoms with Crippen molar-refractivity contribution in [1.29, 1.82) is 0 Å². The first-order valence-electron chi connectivity index (χ1n) is 6.50. The van der Waals surface area contributed by atoms with Crippen LogP contribution in [-0.2, 0) is 6.54 Å². The van der Waals surface area contributed by atoms with E-state index < -0.39 is 0 Å². The molecule has 0 N–H and O–H groups in total. The molecule has 3 rings (SSSR count). The summed E-state index contributed by atoms with van der Waals surface area (Å²) in [5.41, 5.74) is 0.509. The van der Waals surface area contributed by atoms with Crippen LogP contribution in [0.25, 0.3) is 0 Å². The molecule has 0 saturated carbocycles. The molecule has 0 spiro atoms. The summed E-state index contributed by atoms with van der Waals surface area (Å²) in [5.74, 6) is 0.738. The van der Waals surface area contributed by atoms with Crippen LogP contribution in [-0.4, -0.2) is 64.8 Å². The molecule has 1 fully saturated rings. The normalized spacial score (nSPS) is 19.7. The first kappa shape index (κ1) is 11.5. The van der Waals surface area contributed by atoms with Gasteiger partial charge < -0.3 is 14.5 Å². The maximum atomic E-state index is 12.3. The number of fused-ring (bicyclic) bond motifs is 1. The fraction of sp³-hybridized carbons (Fsp3) is 0.667. The van der Waals surface area contributed by atoms with Gasteiger partial charge in [0.05, 0.1) is 6.54 Å². The average Bonchev–Trinajstić information content (AvgIpc) is 2.99. The highest BCUT2D eigenvalue weighted by atomic mass is 16.5. The van der Waals surface area contributed by atoms with E-state index in [1.54, 1.807) is 10.7 Å². The van der Waals surface area contributed by atoms with Crippen LogP contribution in [0.5, 0.6) is 5.88 Å². The predicted octanol–water partition coefficient (Wildman–Crippen LogP) is 0.0532. The lowest BCUT2D eigenvalue weighted by Crippen LogP contribution is -2.48. The number of ether oxygens (including phenoxy) is 1. The number of hydrogen-bond donors (Lipinski definition) is 0. The van der Waals surface area contributed by atoms with Gasteiger partial charge in [-0.3, -0.25) is 4.79 Å². The topological polar surface area (TPSA) is 50.6 Å². The number of hydrogen-bond acceptors (Lipinski definition) is 4. The maximum absolute atomic E-state index is 12.3. The number of carbonyl (C=O) groups is 1. The Morgan fingerprint density at radius 2 is 2.11 bits per heavy atom. The zero-order valence-electron chi connectivity index (χ0n) is 10.6. The maximum Gasteiger partial charge on any atom is 0.274 e. The quantitative estimate of drug-likeness (QED) is 0.744. The van der Waals surface area contributed by atoms with Crippen LogP contribution in [0.15, 0.2) is 6.07 Å². The fourth-order valence-electron chi connectivity index (χ4n) is 2.45. The molecule has 1 aromatic rings. The third-order valence-electron chi connectivity index (χ3n) is 3.62. The molecule has 98 valence electrons. The molecule has 6 heteroatoms. The van der Waals surface area contributed by atoms with Gasteiger partial charge in [-0.15, -0.1) is 0 Å². The van der Waals surface area contributed by atoms with Gasteiger partial charge in [-0.1, -0.05) is 6.92 Å². The molecule has 18 heavy (non-hydrogen) atoms. The molecule has 1 saturated heterocycles. The summed E-state index contributed by atoms with van der Waals surface area (Å²) >= 11 is 0. The largest absolute Gasteiger partial charge is 0.476 e. The van der Waals surface area contributed by atoms with Crippen molar-refractivity contribution >= 4 is 5.91 Å². The zero-order chi connectivity index (χ0) is 12.5. The number of rotatable bonds is 2. The van der Waals surface area contributed by atoms with Crippen LogP contribution in [0, 0.1) is 0 Å². The molecule has 0 atom stereocenters. The average molecular weight is 250 g/mol. The number of amides is 1. The van der Waals surface area contributed by atoms with E-state index in [4.69, 9.17) is 4.74 Å². The summed E-state index contributed by atoms with van der Waals surface area (Å²) in [6, 6.07) is 1.75. The van der Waals surface area contributed by atoms with Crippen molar-refractivity contribution in [3.8, 4) is 5.88 Å². The Morgan fingerprint density at radius 3 is 2.78 bits per heavy atom. The van der Waals surface area contributed by atoms with Crippen molar-refractivity contribution in [3.63, 3.8) is 0 Å². The van der Waals surface area contributed by atoms with Crippen molar-refractivity contribution in [2.24, 2.45) is 0 Å². The Hall–Kier alpha value is -1.56. The molecule has 0 unspecified atom stereocenters. The smallest absolute Gasteiger partial charge is 0.274 e. The summed E-state index contributed by atoms with van der Waals surface area (Å²) in [6.07, 6.45) is 0. The van der Waals surface area contributed by atoms with Gasteiger partial charge in [-0.2, -0.15) is 5.10 Å². The third kappa shape index (κ3) is 1.96. The number of likely N-dealkylation sites (N-methyl/N-ethyl adjacent to an activating group) is 1. The van der Waals surface area contributed by atoms with Crippen LogP contribution in [0.2, 0.25) is 0 Å². The molecule has 1 amide bonds. The van der Waals surface area contributed by atoms with Gasteiger partial charge >= 0.3 is 0 Å². The minimum absolute atomic E-state index is 0.0243. The third-order valence-corrected chi connectivity index (χ3v) is 3.62. The molecule has 0 aliphatic carbocycles. The summed E-state index contributed by atoms with van der Waals surface area (Å²) in [6.45, 7) is 8.08. The first-order valence-corrected chi connectivity index (χ1v) is 6.50. The molecule has 0 radical (unpaired) electrons. The molecule has 0 bridgehead atoms. The van der Waals surface area contributed by atoms with Crippen LogP contribution in [0.1, 0.15) is 17.4 Å². The summed E-state index contributed by atoms with van der Waals surface area (Å²) in [5, 5.41) is 4.29. The number of aromatic nitrogens is 2. The van der Waals surface area contributed by atoms with E-state index in [1.807, 2.05) is 4.90 Å². The second kappa shape index (κ2) is 4.61. The Kier molecular flexibility index (Phi) is 2.95. The fourth-order valence-corrected chi connectivity index (χ4v) is 2.45. The lowest BCUT2D eigenvalue weighted by atomic mass is 10.3. The van der Waals surface area contributed by atoms with Gasteiger partial charge in [0.15, 0.2) is 5.69 Å². The van der Waals surface area contributed by atoms with Crippen LogP contribution < -0.4 is 4.74 Å². The lowest BCUT2D eigenvalue weighted by Gasteiger charge is -2.33. The molecule has 1 aromatic heterocycles. The van der Waals surface area contributed by atoms with E-state index in [1.165, 1.54) is 0 Å². The van der Waals surface area contributed by atoms with Crippen molar-refractivity contribution in [3.05, 3.63) is 11.8 Å². The van der Waals surface area contributed by atoms with Crippen LogP contribution in [0.4, 0.5) is 0 Å². The van der Waals surface area contributed by atoms with Crippen molar-refractivity contribution in [2.45, 2.75) is 13.5 Å². The van der Waals surface area contributed by atoms with E-state index in [0.717, 1.165) is 39.3 Å². The van der Waals surface area contributed by atoms with Gasteiger partial charge in [0.25, 0.3) is 5.91 Å². The van der Waals surface area contributed by atoms with Crippen LogP contribution in [0.3, 0.4) is 0 Å². The molecule has 0 aromatic carbocycles. The summed E-state index contributed by atoms with van der Waals surface area (Å²) in [7, 11) is 0. The Bertz CT molecular complexity index is 427. The predicted molar refractivity (Wildman–Crippen MR) is 65.7 cm³/mol. The monoisotopic (exact) mass is 250 g/mol. The lowest BCUT2D eigenvalue weighted by molar-refractivity contribution is 0.0636. The molecular weight excluding hydrogens is 232 g/mol. The van der Waals surface area contributed by atoms with E-state index in [-0.39, 0.29) is 5.91 Å². The molecule has 6 nitrogen and oxygen atoms in total. The number of carbonyl (C=O) groups excluding carboxylic acids is 1. The van der Waals surface area contributed by atoms with E-state index >= 15 is 0 Å². The highest BCUT2D eigenvalue weighted by Gasteiger charge is 2.25.